The molecule has 1 aliphatic carbocycles. The van der Waals surface area contributed by atoms with E-state index in [0.717, 1.165) is 36.8 Å². The molecule has 0 heterocycles. The first-order valence-electron chi connectivity index (χ1n) is 8.61. The number of allylic oxidation sites excluding steroid dienone is 6. The Bertz CT molecular complexity index is 569. The molecule has 1 rings (SSSR count). The van der Waals surface area contributed by atoms with Gasteiger partial charge in [-0.3, -0.25) is 0 Å². The fourth-order valence-electron chi connectivity index (χ4n) is 3.00. The summed E-state index contributed by atoms with van der Waals surface area (Å²) in [5.41, 5.74) is 3.15. The van der Waals surface area contributed by atoms with E-state index < -0.39 is 5.60 Å². The minimum absolute atomic E-state index is 0.131. The second-order valence-electron chi connectivity index (χ2n) is 7.12. The predicted octanol–water partition coefficient (Wildman–Crippen LogP) is 5.63. The lowest BCUT2D eigenvalue weighted by molar-refractivity contribution is 0.128. The van der Waals surface area contributed by atoms with E-state index in [9.17, 15) is 10.4 Å². The molecule has 0 saturated heterocycles. The van der Waals surface area contributed by atoms with E-state index in [1.807, 2.05) is 26.8 Å². The second-order valence-corrected chi connectivity index (χ2v) is 7.12. The van der Waals surface area contributed by atoms with Gasteiger partial charge < -0.3 is 5.11 Å². The number of aliphatic hydroxyl groups is 1. The van der Waals surface area contributed by atoms with Gasteiger partial charge in [0.05, 0.1) is 0 Å². The van der Waals surface area contributed by atoms with Crippen LogP contribution in [0, 0.1) is 17.2 Å². The summed E-state index contributed by atoms with van der Waals surface area (Å²) in [6.45, 7) is 10.4. The number of nitrogens with zero attached hydrogens (tertiary/aromatic N) is 1. The highest BCUT2D eigenvalue weighted by Gasteiger charge is 2.33. The van der Waals surface area contributed by atoms with Gasteiger partial charge in [0.25, 0.3) is 0 Å². The maximum absolute atomic E-state index is 10.9. The van der Waals surface area contributed by atoms with Crippen LogP contribution in [-0.2, 0) is 0 Å². The molecule has 0 aromatic carbocycles. The van der Waals surface area contributed by atoms with E-state index in [2.05, 4.69) is 38.1 Å². The summed E-state index contributed by atoms with van der Waals surface area (Å²) in [6, 6.07) is 2.15. The van der Waals surface area contributed by atoms with Crippen molar-refractivity contribution in [2.75, 3.05) is 0 Å². The van der Waals surface area contributed by atoms with Crippen LogP contribution in [0.1, 0.15) is 66.7 Å². The molecule has 0 aromatic rings. The second kappa shape index (κ2) is 8.89. The Hall–Kier alpha value is -1.59. The van der Waals surface area contributed by atoms with Crippen molar-refractivity contribution in [3.05, 3.63) is 46.6 Å². The number of rotatable bonds is 1. The van der Waals surface area contributed by atoms with Crippen molar-refractivity contribution >= 4 is 0 Å². The van der Waals surface area contributed by atoms with Gasteiger partial charge in [-0.1, -0.05) is 54.9 Å². The third-order valence-corrected chi connectivity index (χ3v) is 4.43. The molecule has 0 saturated carbocycles. The lowest BCUT2D eigenvalue weighted by atomic mass is 9.81. The van der Waals surface area contributed by atoms with Gasteiger partial charge in [0.2, 0.25) is 0 Å². The Kier molecular flexibility index (Phi) is 7.52. The standard InChI is InChI=1S/C21H31NO/c1-16(2)20-13-12-18(4)10-6-8-17(3)9-7-11-19(5)14-21(20,23)15-22/h8,11-13,16,23H,6-7,9-10,14H2,1-5H3/b17-8+,18-12+,19-11+,20-13+. The molecule has 23 heavy (non-hydrogen) atoms. The lowest BCUT2D eigenvalue weighted by Crippen LogP contribution is -2.32. The molecule has 0 bridgehead atoms. The molecule has 2 nitrogen and oxygen atoms in total. The fraction of sp³-hybridized carbons (Fsp3) is 0.571. The molecule has 1 aliphatic rings. The average molecular weight is 313 g/mol. The highest BCUT2D eigenvalue weighted by atomic mass is 16.3. The normalized spacial score (nSPS) is 33.8. The van der Waals surface area contributed by atoms with Gasteiger partial charge in [-0.2, -0.15) is 5.26 Å². The largest absolute Gasteiger partial charge is 0.371 e. The fourth-order valence-corrected chi connectivity index (χ4v) is 3.00. The summed E-state index contributed by atoms with van der Waals surface area (Å²) >= 11 is 0. The molecule has 1 atom stereocenters. The van der Waals surface area contributed by atoms with Crippen LogP contribution in [-0.4, -0.2) is 10.7 Å². The maximum atomic E-state index is 10.9. The highest BCUT2D eigenvalue weighted by Crippen LogP contribution is 2.31. The number of nitriles is 1. The van der Waals surface area contributed by atoms with E-state index in [-0.39, 0.29) is 5.92 Å². The Morgan fingerprint density at radius 1 is 1.00 bits per heavy atom. The van der Waals surface area contributed by atoms with E-state index >= 15 is 0 Å². The van der Waals surface area contributed by atoms with Crippen molar-refractivity contribution in [2.45, 2.75) is 72.3 Å². The van der Waals surface area contributed by atoms with Crippen molar-refractivity contribution in [2.24, 2.45) is 5.92 Å². The van der Waals surface area contributed by atoms with Gasteiger partial charge in [0, 0.05) is 6.42 Å². The first kappa shape index (κ1) is 19.5. The smallest absolute Gasteiger partial charge is 0.176 e. The molecule has 0 amide bonds. The lowest BCUT2D eigenvalue weighted by Gasteiger charge is -2.27. The highest BCUT2D eigenvalue weighted by molar-refractivity contribution is 5.34. The van der Waals surface area contributed by atoms with Crippen LogP contribution in [0.5, 0.6) is 0 Å². The zero-order chi connectivity index (χ0) is 17.5. The van der Waals surface area contributed by atoms with E-state index in [4.69, 9.17) is 0 Å². The minimum Gasteiger partial charge on any atom is -0.371 e. The zero-order valence-electron chi connectivity index (χ0n) is 15.3. The Morgan fingerprint density at radius 3 is 2.13 bits per heavy atom. The van der Waals surface area contributed by atoms with Gasteiger partial charge in [-0.15, -0.1) is 0 Å². The first-order valence-corrected chi connectivity index (χ1v) is 8.61. The zero-order valence-corrected chi connectivity index (χ0v) is 15.3. The van der Waals surface area contributed by atoms with Gasteiger partial charge in [0.15, 0.2) is 5.60 Å². The molecule has 126 valence electrons. The molecular formula is C21H31NO. The number of hydrogen-bond acceptors (Lipinski definition) is 2. The first-order chi connectivity index (χ1) is 10.8. The van der Waals surface area contributed by atoms with Crippen LogP contribution in [0.25, 0.3) is 0 Å². The predicted molar refractivity (Wildman–Crippen MR) is 97.8 cm³/mol. The molecule has 1 unspecified atom stereocenters. The molecular weight excluding hydrogens is 282 g/mol. The summed E-state index contributed by atoms with van der Waals surface area (Å²) in [5, 5.41) is 20.5. The summed E-state index contributed by atoms with van der Waals surface area (Å²) in [5.74, 6) is 0.131. The van der Waals surface area contributed by atoms with Crippen molar-refractivity contribution in [1.29, 1.82) is 5.26 Å². The quantitative estimate of drug-likeness (QED) is 0.504. The summed E-state index contributed by atoms with van der Waals surface area (Å²) in [7, 11) is 0. The minimum atomic E-state index is -1.42. The topological polar surface area (TPSA) is 44.0 Å². The van der Waals surface area contributed by atoms with Crippen LogP contribution in [0.15, 0.2) is 46.6 Å². The van der Waals surface area contributed by atoms with E-state index in [1.165, 1.54) is 11.1 Å². The summed E-state index contributed by atoms with van der Waals surface area (Å²) in [4.78, 5) is 0. The van der Waals surface area contributed by atoms with Crippen molar-refractivity contribution < 1.29 is 5.11 Å². The van der Waals surface area contributed by atoms with Crippen LogP contribution < -0.4 is 0 Å². The monoisotopic (exact) mass is 313 g/mol. The van der Waals surface area contributed by atoms with Gasteiger partial charge >= 0.3 is 0 Å². The molecule has 1 N–H and O–H groups in total. The van der Waals surface area contributed by atoms with Crippen LogP contribution >= 0.6 is 0 Å². The van der Waals surface area contributed by atoms with Gasteiger partial charge in [-0.05, 0) is 57.9 Å². The Labute approximate surface area is 141 Å². The van der Waals surface area contributed by atoms with Crippen molar-refractivity contribution in [3.8, 4) is 6.07 Å². The molecule has 0 radical (unpaired) electrons. The van der Waals surface area contributed by atoms with Crippen LogP contribution in [0.2, 0.25) is 0 Å². The molecule has 0 aromatic heterocycles. The average Bonchev–Trinajstić information content (AvgIpc) is 2.46. The van der Waals surface area contributed by atoms with Crippen molar-refractivity contribution in [3.63, 3.8) is 0 Å². The van der Waals surface area contributed by atoms with Crippen LogP contribution in [0.4, 0.5) is 0 Å². The van der Waals surface area contributed by atoms with Gasteiger partial charge in [0.1, 0.15) is 6.07 Å². The molecule has 0 aliphatic heterocycles. The SMILES string of the molecule is C/C1=C\C=C(/C(C)C)C(O)(C#N)C/C(C)=C/CC/C(C)=C/CC1. The Morgan fingerprint density at radius 2 is 1.57 bits per heavy atom. The van der Waals surface area contributed by atoms with Crippen LogP contribution in [0.3, 0.4) is 0 Å². The third kappa shape index (κ3) is 6.20. The van der Waals surface area contributed by atoms with Gasteiger partial charge in [-0.25, -0.2) is 0 Å². The maximum Gasteiger partial charge on any atom is 0.176 e. The Balaban J connectivity index is 3.26. The van der Waals surface area contributed by atoms with E-state index in [1.54, 1.807) is 0 Å². The summed E-state index contributed by atoms with van der Waals surface area (Å²) in [6.07, 6.45) is 12.9. The number of hydrogen-bond donors (Lipinski definition) is 1. The van der Waals surface area contributed by atoms with Crippen molar-refractivity contribution in [1.82, 2.24) is 0 Å². The molecule has 0 fully saturated rings. The third-order valence-electron chi connectivity index (χ3n) is 4.43. The van der Waals surface area contributed by atoms with E-state index in [0.29, 0.717) is 6.42 Å². The summed E-state index contributed by atoms with van der Waals surface area (Å²) < 4.78 is 0. The molecule has 2 heteroatoms. The molecule has 0 spiro atoms.